The molecule has 0 aliphatic rings. The summed E-state index contributed by atoms with van der Waals surface area (Å²) in [5, 5.41) is 19.6. The fourth-order valence-corrected chi connectivity index (χ4v) is 3.43. The largest absolute Gasteiger partial charge is 0.497 e. The van der Waals surface area contributed by atoms with Gasteiger partial charge in [0.1, 0.15) is 18.1 Å². The highest BCUT2D eigenvalue weighted by Gasteiger charge is 2.15. The van der Waals surface area contributed by atoms with Crippen molar-refractivity contribution in [2.75, 3.05) is 19.5 Å². The van der Waals surface area contributed by atoms with Crippen LogP contribution in [0.5, 0.6) is 11.5 Å². The van der Waals surface area contributed by atoms with Crippen LogP contribution in [0.4, 0.5) is 0 Å². The van der Waals surface area contributed by atoms with Crippen LogP contribution in [0.1, 0.15) is 0 Å². The predicted molar refractivity (Wildman–Crippen MR) is 111 cm³/mol. The molecular weight excluding hydrogens is 374 g/mol. The molecule has 0 spiro atoms. The number of allylic oxidation sites excluding steroid dienone is 1. The highest BCUT2D eigenvalue weighted by Crippen LogP contribution is 2.24. The Morgan fingerprint density at radius 2 is 1.82 bits per heavy atom. The van der Waals surface area contributed by atoms with Gasteiger partial charge in [0.2, 0.25) is 0 Å². The second kappa shape index (κ2) is 9.96. The lowest BCUT2D eigenvalue weighted by Crippen LogP contribution is -2.20. The predicted octanol–water partition coefficient (Wildman–Crippen LogP) is 3.67. The number of aromatic nitrogens is 3. The van der Waals surface area contributed by atoms with Gasteiger partial charge in [-0.2, -0.15) is 0 Å². The summed E-state index contributed by atoms with van der Waals surface area (Å²) in [5.41, 5.74) is 0.993. The molecule has 0 aliphatic carbocycles. The van der Waals surface area contributed by atoms with Gasteiger partial charge in [0.25, 0.3) is 0 Å². The van der Waals surface area contributed by atoms with E-state index in [0.717, 1.165) is 22.3 Å². The topological polar surface area (TPSA) is 69.4 Å². The lowest BCUT2D eigenvalue weighted by Gasteiger charge is -2.13. The molecular formula is C21H23N3O3S. The van der Waals surface area contributed by atoms with Crippen LogP contribution in [0.15, 0.2) is 72.4 Å². The van der Waals surface area contributed by atoms with Crippen molar-refractivity contribution in [1.82, 2.24) is 14.8 Å². The van der Waals surface area contributed by atoms with Crippen molar-refractivity contribution < 1.29 is 14.6 Å². The standard InChI is InChI=1S/C21H23N3O3S/c1-3-13-24-20(16-7-5-4-6-8-16)22-23-21(24)28-15-17(25)14-27-19-11-9-18(26-2)10-12-19/h3-12,17,25H,1,13-15H2,2H3. The monoisotopic (exact) mass is 397 g/mol. The van der Waals surface area contributed by atoms with Crippen molar-refractivity contribution >= 4 is 11.8 Å². The van der Waals surface area contributed by atoms with Gasteiger partial charge in [-0.15, -0.1) is 16.8 Å². The van der Waals surface area contributed by atoms with E-state index in [9.17, 15) is 5.11 Å². The molecule has 0 amide bonds. The minimum atomic E-state index is -0.638. The van der Waals surface area contributed by atoms with E-state index in [1.807, 2.05) is 65.2 Å². The average Bonchev–Trinajstić information content (AvgIpc) is 3.14. The van der Waals surface area contributed by atoms with Gasteiger partial charge in [-0.25, -0.2) is 0 Å². The third-order valence-corrected chi connectivity index (χ3v) is 5.08. The second-order valence-corrected chi connectivity index (χ2v) is 7.01. The van der Waals surface area contributed by atoms with Gasteiger partial charge in [-0.05, 0) is 24.3 Å². The van der Waals surface area contributed by atoms with Crippen molar-refractivity contribution in [3.8, 4) is 22.9 Å². The third kappa shape index (κ3) is 5.15. The van der Waals surface area contributed by atoms with E-state index in [2.05, 4.69) is 16.8 Å². The Morgan fingerprint density at radius 1 is 1.11 bits per heavy atom. The molecule has 6 nitrogen and oxygen atoms in total. The number of thioether (sulfide) groups is 1. The van der Waals surface area contributed by atoms with E-state index in [-0.39, 0.29) is 6.61 Å². The highest BCUT2D eigenvalue weighted by atomic mass is 32.2. The third-order valence-electron chi connectivity index (χ3n) is 3.97. The van der Waals surface area contributed by atoms with Gasteiger partial charge in [0.15, 0.2) is 11.0 Å². The minimum Gasteiger partial charge on any atom is -0.497 e. The van der Waals surface area contributed by atoms with Crippen LogP contribution in [0, 0.1) is 0 Å². The molecule has 28 heavy (non-hydrogen) atoms. The van der Waals surface area contributed by atoms with Crippen molar-refractivity contribution in [2.24, 2.45) is 0 Å². The molecule has 2 aromatic carbocycles. The summed E-state index contributed by atoms with van der Waals surface area (Å²) in [7, 11) is 1.62. The van der Waals surface area contributed by atoms with E-state index in [1.165, 1.54) is 11.8 Å². The first-order chi connectivity index (χ1) is 13.7. The van der Waals surface area contributed by atoms with Gasteiger partial charge in [0.05, 0.1) is 13.2 Å². The molecule has 0 saturated carbocycles. The molecule has 1 N–H and O–H groups in total. The highest BCUT2D eigenvalue weighted by molar-refractivity contribution is 7.99. The van der Waals surface area contributed by atoms with Gasteiger partial charge in [0, 0.05) is 17.9 Å². The number of rotatable bonds is 10. The van der Waals surface area contributed by atoms with Crippen molar-refractivity contribution in [1.29, 1.82) is 0 Å². The lowest BCUT2D eigenvalue weighted by atomic mass is 10.2. The summed E-state index contributed by atoms with van der Waals surface area (Å²) < 4.78 is 12.7. The Labute approximate surface area is 168 Å². The Balaban J connectivity index is 1.58. The number of hydrogen-bond acceptors (Lipinski definition) is 6. The molecule has 3 aromatic rings. The van der Waals surface area contributed by atoms with Gasteiger partial charge < -0.3 is 14.6 Å². The maximum Gasteiger partial charge on any atom is 0.191 e. The Kier molecular flexibility index (Phi) is 7.11. The first-order valence-corrected chi connectivity index (χ1v) is 9.87. The molecule has 0 bridgehead atoms. The zero-order valence-corrected chi connectivity index (χ0v) is 16.5. The summed E-state index contributed by atoms with van der Waals surface area (Å²) in [6.07, 6.45) is 1.17. The maximum absolute atomic E-state index is 10.3. The van der Waals surface area contributed by atoms with E-state index in [0.29, 0.717) is 18.0 Å². The fourth-order valence-electron chi connectivity index (χ4n) is 2.57. The molecule has 3 rings (SSSR count). The number of aliphatic hydroxyl groups is 1. The maximum atomic E-state index is 10.3. The van der Waals surface area contributed by atoms with Crippen LogP contribution >= 0.6 is 11.8 Å². The molecule has 0 saturated heterocycles. The number of hydrogen-bond donors (Lipinski definition) is 1. The number of methoxy groups -OCH3 is 1. The fraction of sp³-hybridized carbons (Fsp3) is 0.238. The van der Waals surface area contributed by atoms with Gasteiger partial charge >= 0.3 is 0 Å². The summed E-state index contributed by atoms with van der Waals surface area (Å²) in [5.74, 6) is 2.68. The van der Waals surface area contributed by atoms with Crippen LogP contribution in [0.3, 0.4) is 0 Å². The second-order valence-electron chi connectivity index (χ2n) is 6.02. The van der Waals surface area contributed by atoms with Crippen LogP contribution in [-0.4, -0.2) is 45.4 Å². The summed E-state index contributed by atoms with van der Waals surface area (Å²) in [6, 6.07) is 17.2. The van der Waals surface area contributed by atoms with Crippen molar-refractivity contribution in [2.45, 2.75) is 17.8 Å². The molecule has 7 heteroatoms. The summed E-state index contributed by atoms with van der Waals surface area (Å²) in [6.45, 7) is 4.61. The number of ether oxygens (including phenoxy) is 2. The van der Waals surface area contributed by atoms with E-state index < -0.39 is 6.10 Å². The summed E-state index contributed by atoms with van der Waals surface area (Å²) in [4.78, 5) is 0. The quantitative estimate of drug-likeness (QED) is 0.416. The molecule has 0 aliphatic heterocycles. The van der Waals surface area contributed by atoms with Crippen molar-refractivity contribution in [3.63, 3.8) is 0 Å². The first-order valence-electron chi connectivity index (χ1n) is 8.88. The van der Waals surface area contributed by atoms with Gasteiger partial charge in [-0.3, -0.25) is 4.57 Å². The Hall–Kier alpha value is -2.77. The molecule has 146 valence electrons. The van der Waals surface area contributed by atoms with Crippen LogP contribution in [0.2, 0.25) is 0 Å². The molecule has 0 fully saturated rings. The number of nitrogens with zero attached hydrogens (tertiary/aromatic N) is 3. The molecule has 1 heterocycles. The molecule has 1 aromatic heterocycles. The first kappa shape index (κ1) is 20.0. The zero-order chi connectivity index (χ0) is 19.8. The molecule has 1 atom stereocenters. The van der Waals surface area contributed by atoms with E-state index >= 15 is 0 Å². The smallest absolute Gasteiger partial charge is 0.191 e. The van der Waals surface area contributed by atoms with E-state index in [1.54, 1.807) is 7.11 Å². The Bertz CT molecular complexity index is 882. The Morgan fingerprint density at radius 3 is 2.50 bits per heavy atom. The van der Waals surface area contributed by atoms with E-state index in [4.69, 9.17) is 9.47 Å². The van der Waals surface area contributed by atoms with Crippen molar-refractivity contribution in [3.05, 3.63) is 67.3 Å². The minimum absolute atomic E-state index is 0.195. The SMILES string of the molecule is C=CCn1c(SCC(O)COc2ccc(OC)cc2)nnc1-c1ccccc1. The number of benzene rings is 2. The van der Waals surface area contributed by atoms with Gasteiger partial charge in [-0.1, -0.05) is 48.2 Å². The van der Waals surface area contributed by atoms with Crippen LogP contribution in [0.25, 0.3) is 11.4 Å². The van der Waals surface area contributed by atoms with Crippen LogP contribution < -0.4 is 9.47 Å². The normalized spacial score (nSPS) is 11.8. The lowest BCUT2D eigenvalue weighted by molar-refractivity contribution is 0.126. The molecule has 1 unspecified atom stereocenters. The summed E-state index contributed by atoms with van der Waals surface area (Å²) >= 11 is 1.44. The average molecular weight is 398 g/mol. The van der Waals surface area contributed by atoms with Crippen LogP contribution in [-0.2, 0) is 6.54 Å². The zero-order valence-electron chi connectivity index (χ0n) is 15.7. The number of aliphatic hydroxyl groups excluding tert-OH is 1. The molecule has 0 radical (unpaired) electrons.